The molecule has 1 aromatic carbocycles. The van der Waals surface area contributed by atoms with Gasteiger partial charge in [-0.3, -0.25) is 4.57 Å². The van der Waals surface area contributed by atoms with Crippen LogP contribution in [0.15, 0.2) is 22.8 Å². The highest BCUT2D eigenvalue weighted by Crippen LogP contribution is 2.35. The Morgan fingerprint density at radius 3 is 2.21 bits per heavy atom. The molecule has 1 aromatic heterocycles. The third kappa shape index (κ3) is 10.3. The van der Waals surface area contributed by atoms with Gasteiger partial charge in [-0.05, 0) is 28.1 Å². The van der Waals surface area contributed by atoms with E-state index in [9.17, 15) is 5.11 Å². The molecule has 0 aliphatic rings. The lowest BCUT2D eigenvalue weighted by Crippen LogP contribution is -2.36. The molecule has 0 unspecified atom stereocenters. The number of likely N-dealkylation sites (N-methyl/N-ethyl adjacent to an activating group) is 1. The van der Waals surface area contributed by atoms with Crippen molar-refractivity contribution in [1.29, 1.82) is 0 Å². The Balaban J connectivity index is 0.000000379. The smallest absolute Gasteiger partial charge is 0.262 e. The van der Waals surface area contributed by atoms with Gasteiger partial charge in [-0.1, -0.05) is 11.6 Å². The summed E-state index contributed by atoms with van der Waals surface area (Å²) < 4.78 is 10.4. The van der Waals surface area contributed by atoms with Crippen molar-refractivity contribution in [2.45, 2.75) is 0 Å². The number of hydrogen-bond acceptors (Lipinski definition) is 4. The number of H-pyrrole nitrogens is 1. The number of rotatable bonds is 2. The van der Waals surface area contributed by atoms with E-state index in [4.69, 9.17) is 36.0 Å². The van der Waals surface area contributed by atoms with E-state index in [0.717, 1.165) is 21.0 Å². The Morgan fingerprint density at radius 1 is 1.33 bits per heavy atom. The normalized spacial score (nSPS) is 11.4. The first-order chi connectivity index (χ1) is 10.8. The molecule has 0 atom stereocenters. The molecule has 0 fully saturated rings. The van der Waals surface area contributed by atoms with Crippen LogP contribution in [-0.4, -0.2) is 63.8 Å². The van der Waals surface area contributed by atoms with Crippen LogP contribution in [0.1, 0.15) is 0 Å². The summed E-state index contributed by atoms with van der Waals surface area (Å²) in [7, 11) is 1.27. The van der Waals surface area contributed by atoms with Gasteiger partial charge in [0.15, 0.2) is 0 Å². The van der Waals surface area contributed by atoms with Crippen molar-refractivity contribution >= 4 is 46.3 Å². The molecule has 0 amide bonds. The Hall–Kier alpha value is -0.640. The van der Waals surface area contributed by atoms with Gasteiger partial charge in [0.05, 0.1) is 43.7 Å². The number of halogens is 2. The van der Waals surface area contributed by atoms with Crippen LogP contribution in [0.5, 0.6) is 5.75 Å². The molecule has 0 bridgehead atoms. The molecule has 0 spiro atoms. The highest BCUT2D eigenvalue weighted by Gasteiger charge is 2.08. The average molecular weight is 448 g/mol. The van der Waals surface area contributed by atoms with E-state index in [2.05, 4.69) is 42.1 Å². The number of hydrogen-bond donors (Lipinski definition) is 5. The number of nitrogens with one attached hydrogen (secondary N) is 1. The number of aromatic amines is 1. The summed E-state index contributed by atoms with van der Waals surface area (Å²) in [5, 5.41) is 19.0. The molecule has 8 nitrogen and oxygen atoms in total. The summed E-state index contributed by atoms with van der Waals surface area (Å²) in [5.74, 6) is 0.177. The Morgan fingerprint density at radius 2 is 1.83 bits per heavy atom. The monoisotopic (exact) mass is 446 g/mol. The molecule has 1 heterocycles. The zero-order valence-electron chi connectivity index (χ0n) is 13.4. The van der Waals surface area contributed by atoms with Crippen LogP contribution in [-0.2, 0) is 4.57 Å². The minimum atomic E-state index is -4.89. The van der Waals surface area contributed by atoms with E-state index >= 15 is 0 Å². The van der Waals surface area contributed by atoms with E-state index in [0.29, 0.717) is 10.4 Å². The molecule has 11 heteroatoms. The van der Waals surface area contributed by atoms with Crippen molar-refractivity contribution in [2.75, 3.05) is 34.3 Å². The van der Waals surface area contributed by atoms with E-state index in [1.807, 2.05) is 12.1 Å². The fraction of sp³-hybridized carbons (Fsp3) is 0.385. The zero-order chi connectivity index (χ0) is 19.1. The van der Waals surface area contributed by atoms with E-state index in [-0.39, 0.29) is 12.4 Å². The van der Waals surface area contributed by atoms with Gasteiger partial charge in [0.25, 0.3) is 7.82 Å². The highest BCUT2D eigenvalue weighted by atomic mass is 79.9. The maximum Gasteiger partial charge on any atom is 0.262 e. The predicted octanol–water partition coefficient (Wildman–Crippen LogP) is 1.41. The van der Waals surface area contributed by atoms with Gasteiger partial charge in [-0.25, -0.2) is 0 Å². The summed E-state index contributed by atoms with van der Waals surface area (Å²) in [4.78, 5) is 25.8. The topological polar surface area (TPSA) is 137 Å². The Kier molecular flexibility index (Phi) is 9.48. The zero-order valence-corrected chi connectivity index (χ0v) is 16.6. The van der Waals surface area contributed by atoms with Gasteiger partial charge in [0.2, 0.25) is 0 Å². The minimum Gasteiger partial charge on any atom is -0.756 e. The van der Waals surface area contributed by atoms with Gasteiger partial charge >= 0.3 is 0 Å². The molecule has 24 heavy (non-hydrogen) atoms. The van der Waals surface area contributed by atoms with Crippen LogP contribution >= 0.6 is 35.4 Å². The first-order valence-electron chi connectivity index (χ1n) is 6.58. The number of aliphatic hydroxyl groups excluding tert-OH is 1. The third-order valence-electron chi connectivity index (χ3n) is 2.49. The van der Waals surface area contributed by atoms with Crippen LogP contribution in [0.25, 0.3) is 10.9 Å². The molecule has 0 saturated heterocycles. The number of aromatic nitrogens is 1. The van der Waals surface area contributed by atoms with Crippen molar-refractivity contribution in [3.63, 3.8) is 0 Å². The van der Waals surface area contributed by atoms with Crippen molar-refractivity contribution in [3.05, 3.63) is 27.8 Å². The first kappa shape index (κ1) is 23.4. The van der Waals surface area contributed by atoms with Crippen molar-refractivity contribution in [1.82, 2.24) is 4.98 Å². The summed E-state index contributed by atoms with van der Waals surface area (Å²) in [5.41, 5.74) is 0.834. The third-order valence-corrected chi connectivity index (χ3v) is 3.77. The van der Waals surface area contributed by atoms with Crippen LogP contribution in [0, 0.1) is 0 Å². The lowest BCUT2D eigenvalue weighted by atomic mass is 10.2. The number of fused-ring (bicyclic) bond motifs is 1. The SMILES string of the molecule is C[N+](C)(C)CCO.O=P([O-])(O)O.Oc1c[nH]c2ccc(Br)c(Cl)c12. The van der Waals surface area contributed by atoms with Gasteiger partial charge in [0, 0.05) is 10.7 Å². The van der Waals surface area contributed by atoms with Crippen molar-refractivity contribution in [2.24, 2.45) is 0 Å². The molecule has 0 radical (unpaired) electrons. The molecule has 138 valence electrons. The van der Waals surface area contributed by atoms with Crippen LogP contribution in [0.3, 0.4) is 0 Å². The maximum absolute atomic E-state index is 9.38. The van der Waals surface area contributed by atoms with Crippen LogP contribution in [0.4, 0.5) is 0 Å². The molecule has 5 N–H and O–H groups in total. The van der Waals surface area contributed by atoms with Crippen LogP contribution < -0.4 is 4.89 Å². The minimum absolute atomic E-state index is 0.177. The second-order valence-electron chi connectivity index (χ2n) is 5.69. The van der Waals surface area contributed by atoms with E-state index in [1.54, 1.807) is 0 Å². The van der Waals surface area contributed by atoms with Gasteiger partial charge < -0.3 is 34.4 Å². The van der Waals surface area contributed by atoms with E-state index < -0.39 is 7.82 Å². The number of aromatic hydroxyl groups is 1. The number of nitrogens with zero attached hydrogens (tertiary/aromatic N) is 1. The second kappa shape index (κ2) is 9.74. The average Bonchev–Trinajstić information content (AvgIpc) is 2.73. The number of aliphatic hydroxyl groups is 1. The summed E-state index contributed by atoms with van der Waals surface area (Å²) >= 11 is 9.22. The maximum atomic E-state index is 9.38. The molecule has 0 aliphatic heterocycles. The van der Waals surface area contributed by atoms with Gasteiger partial charge in [0.1, 0.15) is 12.3 Å². The van der Waals surface area contributed by atoms with E-state index in [1.165, 1.54) is 6.20 Å². The summed E-state index contributed by atoms with van der Waals surface area (Å²) in [6.45, 7) is 1.11. The molecular formula is C13H21BrClN2O6P. The first-order valence-corrected chi connectivity index (χ1v) is 9.28. The van der Waals surface area contributed by atoms with Crippen molar-refractivity contribution in [3.8, 4) is 5.75 Å². The largest absolute Gasteiger partial charge is 0.756 e. The lowest BCUT2D eigenvalue weighted by molar-refractivity contribution is -0.870. The predicted molar refractivity (Wildman–Crippen MR) is 94.7 cm³/mol. The summed E-state index contributed by atoms with van der Waals surface area (Å²) in [6.07, 6.45) is 1.52. The Labute approximate surface area is 153 Å². The fourth-order valence-electron chi connectivity index (χ4n) is 1.44. The Bertz CT molecular complexity index is 689. The summed E-state index contributed by atoms with van der Waals surface area (Å²) in [6, 6.07) is 3.69. The fourth-order valence-corrected chi connectivity index (χ4v) is 2.03. The molecular weight excluding hydrogens is 426 g/mol. The quantitative estimate of drug-likeness (QED) is 0.349. The lowest BCUT2D eigenvalue weighted by Gasteiger charge is -2.21. The van der Waals surface area contributed by atoms with Gasteiger partial charge in [-0.2, -0.15) is 0 Å². The van der Waals surface area contributed by atoms with Crippen molar-refractivity contribution < 1.29 is 33.9 Å². The van der Waals surface area contributed by atoms with Crippen LogP contribution in [0.2, 0.25) is 5.02 Å². The second-order valence-corrected chi connectivity index (χ2v) is 7.90. The molecule has 2 aromatic rings. The standard InChI is InChI=1S/C8H5BrClNO.C5H14NO.H3O4P/c9-4-1-2-5-7(8(4)10)6(12)3-11-5;1-6(2,3)4-5-7;1-5(2,3)4/h1-3,11-12H;7H,4-5H2,1-3H3;(H3,1,2,3,4)/q;+1;/p-1. The molecule has 2 rings (SSSR count). The highest BCUT2D eigenvalue weighted by molar-refractivity contribution is 9.10. The molecule has 0 saturated carbocycles. The number of phosphoric acid groups is 1. The number of benzene rings is 1. The molecule has 0 aliphatic carbocycles. The van der Waals surface area contributed by atoms with Gasteiger partial charge in [-0.15, -0.1) is 0 Å². The number of quaternary nitrogens is 1.